The van der Waals surface area contributed by atoms with Crippen LogP contribution in [-0.2, 0) is 9.59 Å². The molecule has 11 heteroatoms. The van der Waals surface area contributed by atoms with Gasteiger partial charge in [0.1, 0.15) is 0 Å². The molecule has 214 valence electrons. The summed E-state index contributed by atoms with van der Waals surface area (Å²) in [5.74, 6) is -3.40. The molecule has 1 heterocycles. The van der Waals surface area contributed by atoms with Gasteiger partial charge in [-0.1, -0.05) is 19.9 Å². The van der Waals surface area contributed by atoms with Gasteiger partial charge in [-0.3, -0.25) is 19.3 Å². The predicted octanol–water partition coefficient (Wildman–Crippen LogP) is 5.05. The third kappa shape index (κ3) is 4.47. The number of aryl methyl sites for hydroxylation is 2. The summed E-state index contributed by atoms with van der Waals surface area (Å²) >= 11 is 0. The third-order valence-electron chi connectivity index (χ3n) is 7.42. The zero-order valence-corrected chi connectivity index (χ0v) is 23.3. The number of allylic oxidation sites excluding steroid dienone is 1. The maximum absolute atomic E-state index is 15.2. The molecular formula is C29H31F3N2O6. The highest BCUT2D eigenvalue weighted by Gasteiger charge is 2.72. The molecule has 2 aliphatic rings. The molecule has 1 unspecified atom stereocenters. The molecule has 8 nitrogen and oxygen atoms in total. The van der Waals surface area contributed by atoms with E-state index in [9.17, 15) is 14.4 Å². The summed E-state index contributed by atoms with van der Waals surface area (Å²) in [5, 5.41) is 1.94. The lowest BCUT2D eigenvalue weighted by atomic mass is 9.72. The van der Waals surface area contributed by atoms with E-state index in [1.807, 2.05) is 12.2 Å². The molecule has 1 aliphatic carbocycles. The second kappa shape index (κ2) is 9.87. The molecule has 2 aromatic rings. The Labute approximate surface area is 230 Å². The topological polar surface area (TPSA) is 94.2 Å². The number of halogens is 3. The SMILES string of the molecule is COc1cc(C(=O)NC2(C(F)(F)F)C(=O)N(c3ccc(C)c(C)c3)C3=C2C(=O)CC(C)(C)C3)cc(OC)c1OC. The van der Waals surface area contributed by atoms with Gasteiger partial charge >= 0.3 is 6.18 Å². The van der Waals surface area contributed by atoms with Crippen molar-refractivity contribution in [2.45, 2.75) is 52.3 Å². The summed E-state index contributed by atoms with van der Waals surface area (Å²) in [5.41, 5.74) is -3.63. The third-order valence-corrected chi connectivity index (χ3v) is 7.42. The van der Waals surface area contributed by atoms with Gasteiger partial charge in [0.05, 0.1) is 26.9 Å². The fraction of sp³-hybridized carbons (Fsp3) is 0.414. The number of nitrogens with zero attached hydrogens (tertiary/aromatic N) is 1. The first kappa shape index (κ1) is 29.0. The highest BCUT2D eigenvalue weighted by Crippen LogP contribution is 2.53. The van der Waals surface area contributed by atoms with Gasteiger partial charge in [-0.15, -0.1) is 0 Å². The lowest BCUT2D eigenvalue weighted by Crippen LogP contribution is -2.66. The van der Waals surface area contributed by atoms with Gasteiger partial charge in [-0.25, -0.2) is 0 Å². The van der Waals surface area contributed by atoms with Crippen LogP contribution in [0.25, 0.3) is 0 Å². The van der Waals surface area contributed by atoms with Gasteiger partial charge in [0.15, 0.2) is 17.3 Å². The van der Waals surface area contributed by atoms with Crippen LogP contribution in [-0.4, -0.2) is 50.6 Å². The Morgan fingerprint density at radius 1 is 0.925 bits per heavy atom. The minimum atomic E-state index is -5.35. The molecule has 0 spiro atoms. The van der Waals surface area contributed by atoms with Crippen molar-refractivity contribution in [1.82, 2.24) is 5.32 Å². The number of carbonyl (C=O) groups excluding carboxylic acids is 3. The van der Waals surface area contributed by atoms with Crippen molar-refractivity contribution in [3.8, 4) is 17.2 Å². The number of ether oxygens (including phenoxy) is 3. The number of Topliss-reactive ketones (excluding diaryl/α,β-unsaturated/α-hetero) is 1. The van der Waals surface area contributed by atoms with E-state index < -0.39 is 40.3 Å². The van der Waals surface area contributed by atoms with Crippen molar-refractivity contribution in [3.05, 3.63) is 58.3 Å². The van der Waals surface area contributed by atoms with Crippen LogP contribution in [0.1, 0.15) is 48.2 Å². The lowest BCUT2D eigenvalue weighted by Gasteiger charge is -2.35. The fourth-order valence-electron chi connectivity index (χ4n) is 5.34. The zero-order valence-electron chi connectivity index (χ0n) is 23.3. The number of amides is 2. The van der Waals surface area contributed by atoms with Crippen molar-refractivity contribution in [2.75, 3.05) is 26.2 Å². The summed E-state index contributed by atoms with van der Waals surface area (Å²) in [6.07, 6.45) is -5.56. The number of benzene rings is 2. The van der Waals surface area contributed by atoms with E-state index in [1.165, 1.54) is 39.5 Å². The molecule has 0 fully saturated rings. The largest absolute Gasteiger partial charge is 0.493 e. The normalized spacial score (nSPS) is 20.4. The maximum atomic E-state index is 15.2. The van der Waals surface area contributed by atoms with Crippen molar-refractivity contribution >= 4 is 23.3 Å². The van der Waals surface area contributed by atoms with Crippen LogP contribution >= 0.6 is 0 Å². The molecule has 2 aromatic carbocycles. The highest BCUT2D eigenvalue weighted by atomic mass is 19.4. The van der Waals surface area contributed by atoms with Crippen LogP contribution in [0, 0.1) is 19.3 Å². The molecule has 0 saturated heterocycles. The minimum Gasteiger partial charge on any atom is -0.493 e. The molecule has 4 rings (SSSR count). The van der Waals surface area contributed by atoms with Crippen LogP contribution < -0.4 is 24.4 Å². The van der Waals surface area contributed by atoms with Crippen molar-refractivity contribution in [3.63, 3.8) is 0 Å². The van der Waals surface area contributed by atoms with Crippen molar-refractivity contribution < 1.29 is 41.8 Å². The van der Waals surface area contributed by atoms with Crippen molar-refractivity contribution in [2.24, 2.45) is 5.41 Å². The van der Waals surface area contributed by atoms with Crippen LogP contribution in [0.4, 0.5) is 18.9 Å². The molecule has 0 saturated carbocycles. The van der Waals surface area contributed by atoms with E-state index in [0.29, 0.717) is 0 Å². The first-order chi connectivity index (χ1) is 18.6. The highest BCUT2D eigenvalue weighted by molar-refractivity contribution is 6.21. The Morgan fingerprint density at radius 3 is 2.02 bits per heavy atom. The van der Waals surface area contributed by atoms with Gasteiger partial charge in [-0.2, -0.15) is 13.2 Å². The minimum absolute atomic E-state index is 0.0185. The number of hydrogen-bond donors (Lipinski definition) is 1. The van der Waals surface area contributed by atoms with Crippen LogP contribution in [0.2, 0.25) is 0 Å². The van der Waals surface area contributed by atoms with Crippen LogP contribution in [0.15, 0.2) is 41.6 Å². The summed E-state index contributed by atoms with van der Waals surface area (Å²) in [4.78, 5) is 41.9. The van der Waals surface area contributed by atoms with E-state index in [2.05, 4.69) is 0 Å². The summed E-state index contributed by atoms with van der Waals surface area (Å²) < 4.78 is 61.3. The molecular weight excluding hydrogens is 529 g/mol. The van der Waals surface area contributed by atoms with Crippen molar-refractivity contribution in [1.29, 1.82) is 0 Å². The molecule has 1 aliphatic heterocycles. The van der Waals surface area contributed by atoms with Crippen LogP contribution in [0.5, 0.6) is 17.2 Å². The number of carbonyl (C=O) groups is 3. The molecule has 0 aromatic heterocycles. The summed E-state index contributed by atoms with van der Waals surface area (Å²) in [7, 11) is 3.91. The first-order valence-electron chi connectivity index (χ1n) is 12.5. The zero-order chi connectivity index (χ0) is 29.8. The predicted molar refractivity (Wildman–Crippen MR) is 141 cm³/mol. The van der Waals surface area contributed by atoms with Crippen LogP contribution in [0.3, 0.4) is 0 Å². The molecule has 1 atom stereocenters. The van der Waals surface area contributed by atoms with Gasteiger partial charge < -0.3 is 19.5 Å². The van der Waals surface area contributed by atoms with Gasteiger partial charge in [0, 0.05) is 23.4 Å². The molecule has 2 amide bonds. The van der Waals surface area contributed by atoms with E-state index >= 15 is 13.2 Å². The average molecular weight is 561 g/mol. The van der Waals surface area contributed by atoms with E-state index in [0.717, 1.165) is 16.0 Å². The van der Waals surface area contributed by atoms with Gasteiger partial charge in [-0.05, 0) is 61.1 Å². The number of alkyl halides is 3. The monoisotopic (exact) mass is 560 g/mol. The molecule has 0 bridgehead atoms. The molecule has 0 radical (unpaired) electrons. The van der Waals surface area contributed by atoms with Gasteiger partial charge in [0.25, 0.3) is 11.8 Å². The number of hydrogen-bond acceptors (Lipinski definition) is 6. The average Bonchev–Trinajstić information content (AvgIpc) is 3.11. The number of rotatable bonds is 6. The lowest BCUT2D eigenvalue weighted by molar-refractivity contribution is -0.186. The fourth-order valence-corrected chi connectivity index (χ4v) is 5.34. The quantitative estimate of drug-likeness (QED) is 0.532. The Balaban J connectivity index is 1.94. The Kier molecular flexibility index (Phi) is 7.15. The van der Waals surface area contributed by atoms with E-state index in [4.69, 9.17) is 14.2 Å². The summed E-state index contributed by atoms with van der Waals surface area (Å²) in [6, 6.07) is 7.16. The molecule has 40 heavy (non-hydrogen) atoms. The number of anilines is 1. The van der Waals surface area contributed by atoms with E-state index in [-0.39, 0.29) is 47.0 Å². The Morgan fingerprint density at radius 2 is 1.52 bits per heavy atom. The Hall–Kier alpha value is -4.02. The van der Waals surface area contributed by atoms with Gasteiger partial charge in [0.2, 0.25) is 11.3 Å². The number of nitrogens with one attached hydrogen (secondary N) is 1. The Bertz CT molecular complexity index is 1420. The number of methoxy groups -OCH3 is 3. The standard InChI is InChI=1S/C29H31F3N2O6/c1-15-8-9-18(10-16(15)2)34-19-13-27(3,4)14-20(35)23(19)28(26(34)37,29(30,31)32)33-25(36)17-11-21(38-5)24(40-7)22(12-17)39-6/h8-12H,13-14H2,1-7H3,(H,33,36). The number of ketones is 1. The summed E-state index contributed by atoms with van der Waals surface area (Å²) in [6.45, 7) is 7.11. The molecule has 1 N–H and O–H groups in total. The second-order valence-electron chi connectivity index (χ2n) is 10.8. The smallest absolute Gasteiger partial charge is 0.425 e. The first-order valence-corrected chi connectivity index (χ1v) is 12.5. The maximum Gasteiger partial charge on any atom is 0.425 e. The van der Waals surface area contributed by atoms with E-state index in [1.54, 1.807) is 32.9 Å². The second-order valence-corrected chi connectivity index (χ2v) is 10.8.